The van der Waals surface area contributed by atoms with Gasteiger partial charge in [0.05, 0.1) is 5.70 Å². The predicted octanol–water partition coefficient (Wildman–Crippen LogP) is -0.196. The van der Waals surface area contributed by atoms with Crippen LogP contribution in [0.1, 0.15) is 19.8 Å². The van der Waals surface area contributed by atoms with Crippen molar-refractivity contribution < 1.29 is 4.79 Å². The Morgan fingerprint density at radius 1 is 1.43 bits per heavy atom. The van der Waals surface area contributed by atoms with Crippen molar-refractivity contribution in [3.63, 3.8) is 0 Å². The summed E-state index contributed by atoms with van der Waals surface area (Å²) in [4.78, 5) is 11.0. The second-order valence-corrected chi connectivity index (χ2v) is 3.09. The van der Waals surface area contributed by atoms with Crippen LogP contribution >= 0.6 is 0 Å². The zero-order valence-electron chi connectivity index (χ0n) is 8.71. The maximum Gasteiger partial charge on any atom is 0.268 e. The van der Waals surface area contributed by atoms with Crippen molar-refractivity contribution in [2.75, 3.05) is 7.05 Å². The average molecular weight is 198 g/mol. The fraction of sp³-hybridized carbons (Fsp3) is 0.444. The van der Waals surface area contributed by atoms with Gasteiger partial charge in [0.1, 0.15) is 5.70 Å². The Morgan fingerprint density at radius 2 is 1.93 bits per heavy atom. The number of primary amides is 1. The van der Waals surface area contributed by atoms with Crippen molar-refractivity contribution in [1.29, 1.82) is 0 Å². The lowest BCUT2D eigenvalue weighted by Crippen LogP contribution is -2.36. The Morgan fingerprint density at radius 3 is 2.21 bits per heavy atom. The Balaban J connectivity index is 5.00. The van der Waals surface area contributed by atoms with Crippen LogP contribution in [-0.4, -0.2) is 18.0 Å². The molecule has 0 spiro atoms. The molecule has 0 saturated heterocycles. The molecule has 0 saturated carbocycles. The molecule has 0 rings (SSSR count). The number of hydrazine groups is 1. The first-order chi connectivity index (χ1) is 6.41. The summed E-state index contributed by atoms with van der Waals surface area (Å²) in [5.74, 6) is 4.78. The van der Waals surface area contributed by atoms with Gasteiger partial charge in [-0.15, -0.1) is 0 Å². The van der Waals surface area contributed by atoms with Gasteiger partial charge in [-0.1, -0.05) is 19.9 Å². The third-order valence-corrected chi connectivity index (χ3v) is 1.77. The van der Waals surface area contributed by atoms with E-state index in [1.165, 1.54) is 7.05 Å². The molecule has 0 unspecified atom stereocenters. The molecule has 0 aromatic heterocycles. The highest BCUT2D eigenvalue weighted by Gasteiger charge is 2.14. The molecule has 0 aromatic rings. The SMILES string of the molecule is C=C(CCC)/C(N)=C(/C(N)=O)N(C)N. The summed E-state index contributed by atoms with van der Waals surface area (Å²) in [5, 5.41) is 1.11. The Labute approximate surface area is 84.2 Å². The van der Waals surface area contributed by atoms with E-state index in [0.717, 1.165) is 17.9 Å². The zero-order chi connectivity index (χ0) is 11.3. The van der Waals surface area contributed by atoms with Crippen LogP contribution in [-0.2, 0) is 4.79 Å². The third kappa shape index (κ3) is 3.10. The van der Waals surface area contributed by atoms with Gasteiger partial charge in [0, 0.05) is 7.05 Å². The number of rotatable bonds is 5. The molecule has 0 heterocycles. The number of allylic oxidation sites excluding steroid dienone is 1. The van der Waals surface area contributed by atoms with Crippen molar-refractivity contribution in [2.45, 2.75) is 19.8 Å². The van der Waals surface area contributed by atoms with Gasteiger partial charge in [-0.05, 0) is 12.0 Å². The molecule has 0 aliphatic carbocycles. The van der Waals surface area contributed by atoms with Gasteiger partial charge in [-0.3, -0.25) is 4.79 Å². The number of amides is 1. The molecule has 0 aliphatic rings. The molecular weight excluding hydrogens is 180 g/mol. The Hall–Kier alpha value is -1.49. The highest BCUT2D eigenvalue weighted by molar-refractivity contribution is 5.92. The van der Waals surface area contributed by atoms with Gasteiger partial charge in [-0.25, -0.2) is 5.84 Å². The minimum atomic E-state index is -0.648. The molecule has 14 heavy (non-hydrogen) atoms. The van der Waals surface area contributed by atoms with E-state index in [1.807, 2.05) is 6.92 Å². The minimum Gasteiger partial charge on any atom is -0.397 e. The van der Waals surface area contributed by atoms with E-state index in [0.29, 0.717) is 5.57 Å². The van der Waals surface area contributed by atoms with Crippen LogP contribution in [0.4, 0.5) is 0 Å². The largest absolute Gasteiger partial charge is 0.397 e. The molecule has 0 bridgehead atoms. The lowest BCUT2D eigenvalue weighted by molar-refractivity contribution is -0.116. The zero-order valence-corrected chi connectivity index (χ0v) is 8.71. The van der Waals surface area contributed by atoms with E-state index < -0.39 is 5.91 Å². The molecule has 1 amide bonds. The van der Waals surface area contributed by atoms with Gasteiger partial charge in [0.25, 0.3) is 5.91 Å². The van der Waals surface area contributed by atoms with E-state index in [2.05, 4.69) is 6.58 Å². The van der Waals surface area contributed by atoms with Crippen molar-refractivity contribution >= 4 is 5.91 Å². The Kier molecular flexibility index (Phi) is 4.72. The normalized spacial score (nSPS) is 11.9. The molecule has 80 valence electrons. The van der Waals surface area contributed by atoms with Gasteiger partial charge >= 0.3 is 0 Å². The number of carbonyl (C=O) groups is 1. The molecule has 5 nitrogen and oxygen atoms in total. The van der Waals surface area contributed by atoms with Crippen LogP contribution in [0.3, 0.4) is 0 Å². The van der Waals surface area contributed by atoms with Gasteiger partial charge in [0.2, 0.25) is 0 Å². The number of likely N-dealkylation sites (N-methyl/N-ethyl adjacent to an activating group) is 1. The van der Waals surface area contributed by atoms with E-state index in [-0.39, 0.29) is 11.4 Å². The smallest absolute Gasteiger partial charge is 0.268 e. The second-order valence-electron chi connectivity index (χ2n) is 3.09. The van der Waals surface area contributed by atoms with E-state index in [4.69, 9.17) is 17.3 Å². The van der Waals surface area contributed by atoms with Crippen LogP contribution in [0.15, 0.2) is 23.5 Å². The fourth-order valence-corrected chi connectivity index (χ4v) is 1.10. The first-order valence-corrected chi connectivity index (χ1v) is 4.37. The summed E-state index contributed by atoms with van der Waals surface area (Å²) < 4.78 is 0. The Bertz CT molecular complexity index is 268. The summed E-state index contributed by atoms with van der Waals surface area (Å²) in [6.07, 6.45) is 1.62. The number of hydrogen-bond donors (Lipinski definition) is 3. The molecule has 6 N–H and O–H groups in total. The number of nitrogens with zero attached hydrogens (tertiary/aromatic N) is 1. The summed E-state index contributed by atoms with van der Waals surface area (Å²) in [6.45, 7) is 5.75. The quantitative estimate of drug-likeness (QED) is 0.247. The first kappa shape index (κ1) is 12.5. The highest BCUT2D eigenvalue weighted by Crippen LogP contribution is 2.13. The van der Waals surface area contributed by atoms with E-state index in [9.17, 15) is 4.79 Å². The highest BCUT2D eigenvalue weighted by atomic mass is 16.1. The summed E-state index contributed by atoms with van der Waals surface area (Å²) in [6, 6.07) is 0. The average Bonchev–Trinajstić information content (AvgIpc) is 2.03. The third-order valence-electron chi connectivity index (χ3n) is 1.77. The molecule has 0 atom stereocenters. The lowest BCUT2D eigenvalue weighted by atomic mass is 10.1. The predicted molar refractivity (Wildman–Crippen MR) is 56.4 cm³/mol. The van der Waals surface area contributed by atoms with Gasteiger partial charge in [-0.2, -0.15) is 0 Å². The molecular formula is C9H18N4O. The summed E-state index contributed by atoms with van der Waals surface area (Å²) in [7, 11) is 1.51. The van der Waals surface area contributed by atoms with E-state index in [1.54, 1.807) is 0 Å². The molecule has 0 radical (unpaired) electrons. The monoisotopic (exact) mass is 198 g/mol. The topological polar surface area (TPSA) is 98.4 Å². The number of nitrogens with two attached hydrogens (primary N) is 3. The van der Waals surface area contributed by atoms with E-state index >= 15 is 0 Å². The number of hydrogen-bond acceptors (Lipinski definition) is 4. The molecule has 5 heteroatoms. The van der Waals surface area contributed by atoms with Crippen LogP contribution in [0.2, 0.25) is 0 Å². The standard InChI is InChI=1S/C9H18N4O/c1-4-5-6(2)7(10)8(9(11)14)13(3)12/h2,4-5,10,12H2,1,3H3,(H2,11,14)/b8-7+. The molecule has 0 fully saturated rings. The van der Waals surface area contributed by atoms with Crippen LogP contribution in [0.5, 0.6) is 0 Å². The number of carbonyl (C=O) groups excluding carboxylic acids is 1. The minimum absolute atomic E-state index is 0.100. The van der Waals surface area contributed by atoms with Gasteiger partial charge in [0.15, 0.2) is 0 Å². The van der Waals surface area contributed by atoms with Crippen LogP contribution in [0.25, 0.3) is 0 Å². The van der Waals surface area contributed by atoms with Crippen molar-refractivity contribution in [2.24, 2.45) is 17.3 Å². The van der Waals surface area contributed by atoms with Crippen molar-refractivity contribution in [3.8, 4) is 0 Å². The summed E-state index contributed by atoms with van der Waals surface area (Å²) in [5.41, 5.74) is 11.9. The molecule has 0 aromatic carbocycles. The van der Waals surface area contributed by atoms with Gasteiger partial charge < -0.3 is 16.5 Å². The second kappa shape index (κ2) is 5.29. The van der Waals surface area contributed by atoms with Crippen molar-refractivity contribution in [1.82, 2.24) is 5.01 Å². The van der Waals surface area contributed by atoms with Crippen LogP contribution < -0.4 is 17.3 Å². The molecule has 0 aliphatic heterocycles. The van der Waals surface area contributed by atoms with Crippen LogP contribution in [0, 0.1) is 0 Å². The first-order valence-electron chi connectivity index (χ1n) is 4.37. The fourth-order valence-electron chi connectivity index (χ4n) is 1.10. The lowest BCUT2D eigenvalue weighted by Gasteiger charge is -2.17. The summed E-state index contributed by atoms with van der Waals surface area (Å²) >= 11 is 0. The maximum absolute atomic E-state index is 11.0. The maximum atomic E-state index is 11.0. The van der Waals surface area contributed by atoms with Crippen molar-refractivity contribution in [3.05, 3.63) is 23.5 Å².